The van der Waals surface area contributed by atoms with E-state index in [4.69, 9.17) is 0 Å². The minimum absolute atomic E-state index is 0.0158. The number of anilines is 1. The number of aromatic nitrogens is 5. The molecule has 3 aromatic heterocycles. The van der Waals surface area contributed by atoms with Crippen molar-refractivity contribution in [2.24, 2.45) is 0 Å². The second kappa shape index (κ2) is 9.74. The van der Waals surface area contributed by atoms with Gasteiger partial charge in [-0.05, 0) is 13.0 Å². The molecular formula is C21H13F9N6O. The van der Waals surface area contributed by atoms with Gasteiger partial charge < -0.3 is 5.32 Å². The van der Waals surface area contributed by atoms with Crippen molar-refractivity contribution >= 4 is 22.6 Å². The normalized spacial score (nSPS) is 11.8. The number of hydrogen-bond donors (Lipinski definition) is 1. The summed E-state index contributed by atoms with van der Waals surface area (Å²) in [4.78, 5) is 16.1. The average Bonchev–Trinajstić information content (AvgIpc) is 3.41. The fourth-order valence-electron chi connectivity index (χ4n) is 3.60. The number of benzene rings is 1. The summed E-state index contributed by atoms with van der Waals surface area (Å²) in [6.45, 7) is -0.202. The Hall–Kier alpha value is -4.11. The van der Waals surface area contributed by atoms with Crippen molar-refractivity contribution in [3.8, 4) is 0 Å². The second-order valence-electron chi connectivity index (χ2n) is 7.70. The first-order valence-corrected chi connectivity index (χ1v) is 10.2. The van der Waals surface area contributed by atoms with Gasteiger partial charge in [0.2, 0.25) is 11.7 Å². The summed E-state index contributed by atoms with van der Waals surface area (Å²) in [7, 11) is 0. The Balaban J connectivity index is 1.55. The van der Waals surface area contributed by atoms with Crippen molar-refractivity contribution in [2.75, 3.05) is 5.32 Å². The molecule has 0 aliphatic heterocycles. The van der Waals surface area contributed by atoms with Crippen molar-refractivity contribution < 1.29 is 44.3 Å². The highest BCUT2D eigenvalue weighted by Crippen LogP contribution is 2.32. The van der Waals surface area contributed by atoms with Crippen LogP contribution < -0.4 is 5.32 Å². The Labute approximate surface area is 200 Å². The lowest BCUT2D eigenvalue weighted by atomic mass is 10.1. The van der Waals surface area contributed by atoms with Crippen LogP contribution in [0.5, 0.6) is 0 Å². The highest BCUT2D eigenvalue weighted by atomic mass is 19.3. The predicted octanol–water partition coefficient (Wildman–Crippen LogP) is 5.19. The van der Waals surface area contributed by atoms with Crippen LogP contribution in [0, 0.1) is 36.0 Å². The van der Waals surface area contributed by atoms with Crippen LogP contribution in [0.4, 0.5) is 45.2 Å². The van der Waals surface area contributed by atoms with Gasteiger partial charge in [-0.3, -0.25) is 9.48 Å². The van der Waals surface area contributed by atoms with Crippen LogP contribution in [0.1, 0.15) is 35.4 Å². The molecule has 1 amide bonds. The molecule has 0 radical (unpaired) electrons. The first kappa shape index (κ1) is 26.0. The zero-order valence-electron chi connectivity index (χ0n) is 18.3. The Morgan fingerprint density at radius 2 is 1.59 bits per heavy atom. The van der Waals surface area contributed by atoms with Gasteiger partial charge in [-0.15, -0.1) is 0 Å². The number of aryl methyl sites for hydroxylation is 1. The molecule has 0 bridgehead atoms. The zero-order valence-corrected chi connectivity index (χ0v) is 18.3. The Morgan fingerprint density at radius 3 is 2.19 bits per heavy atom. The third-order valence-corrected chi connectivity index (χ3v) is 5.22. The van der Waals surface area contributed by atoms with E-state index in [9.17, 15) is 44.3 Å². The molecule has 7 nitrogen and oxygen atoms in total. The highest BCUT2D eigenvalue weighted by Gasteiger charge is 2.26. The number of nitrogens with zero attached hydrogens (tertiary/aromatic N) is 5. The third kappa shape index (κ3) is 4.82. The van der Waals surface area contributed by atoms with E-state index in [1.807, 2.05) is 0 Å². The van der Waals surface area contributed by atoms with Crippen LogP contribution in [-0.2, 0) is 17.9 Å². The molecular weight excluding hydrogens is 523 g/mol. The molecule has 0 unspecified atom stereocenters. The van der Waals surface area contributed by atoms with E-state index in [0.29, 0.717) is 6.07 Å². The summed E-state index contributed by atoms with van der Waals surface area (Å²) in [5.74, 6) is -11.5. The minimum atomic E-state index is -3.16. The second-order valence-corrected chi connectivity index (χ2v) is 7.70. The molecule has 1 aromatic carbocycles. The number of carbonyl (C=O) groups excluding carboxylic acids is 1. The topological polar surface area (TPSA) is 77.6 Å². The lowest BCUT2D eigenvalue weighted by Crippen LogP contribution is -2.19. The predicted molar refractivity (Wildman–Crippen MR) is 108 cm³/mol. The van der Waals surface area contributed by atoms with E-state index in [1.54, 1.807) is 0 Å². The van der Waals surface area contributed by atoms with Gasteiger partial charge in [0.15, 0.2) is 28.9 Å². The maximum absolute atomic E-state index is 13.9. The van der Waals surface area contributed by atoms with Gasteiger partial charge in [0.05, 0.1) is 35.1 Å². The van der Waals surface area contributed by atoms with E-state index >= 15 is 0 Å². The van der Waals surface area contributed by atoms with Crippen LogP contribution in [-0.4, -0.2) is 30.5 Å². The van der Waals surface area contributed by atoms with Crippen molar-refractivity contribution in [1.29, 1.82) is 0 Å². The summed E-state index contributed by atoms with van der Waals surface area (Å²) in [5.41, 5.74) is -3.24. The molecule has 4 rings (SSSR count). The molecule has 0 atom stereocenters. The largest absolute Gasteiger partial charge is 0.322 e. The van der Waals surface area contributed by atoms with E-state index < -0.39 is 77.8 Å². The number of halogens is 9. The van der Waals surface area contributed by atoms with Crippen molar-refractivity contribution in [3.05, 3.63) is 70.1 Å². The molecule has 0 fully saturated rings. The zero-order chi connectivity index (χ0) is 27.2. The number of hydrogen-bond acceptors (Lipinski definition) is 4. The molecule has 0 saturated heterocycles. The molecule has 37 heavy (non-hydrogen) atoms. The first-order valence-electron chi connectivity index (χ1n) is 10.2. The Bertz CT molecular complexity index is 1490. The van der Waals surface area contributed by atoms with Crippen LogP contribution in [0.25, 0.3) is 11.0 Å². The van der Waals surface area contributed by atoms with Gasteiger partial charge in [0, 0.05) is 11.8 Å². The number of alkyl halides is 4. The molecule has 4 aromatic rings. The molecule has 3 heterocycles. The van der Waals surface area contributed by atoms with Gasteiger partial charge in [-0.1, -0.05) is 0 Å². The number of nitrogens with one attached hydrogen (secondary N) is 1. The number of carbonyl (C=O) groups is 1. The monoisotopic (exact) mass is 536 g/mol. The maximum Gasteiger partial charge on any atom is 0.280 e. The number of fused-ring (bicyclic) bond motifs is 1. The summed E-state index contributed by atoms with van der Waals surface area (Å²) in [6.07, 6.45) is -4.26. The van der Waals surface area contributed by atoms with Gasteiger partial charge in [0.25, 0.3) is 12.9 Å². The third-order valence-electron chi connectivity index (χ3n) is 5.22. The van der Waals surface area contributed by atoms with E-state index in [0.717, 1.165) is 21.8 Å². The molecule has 1 N–H and O–H groups in total. The van der Waals surface area contributed by atoms with Crippen molar-refractivity contribution in [1.82, 2.24) is 24.5 Å². The number of amides is 1. The summed E-state index contributed by atoms with van der Waals surface area (Å²) in [5, 5.41) is 9.72. The van der Waals surface area contributed by atoms with Gasteiger partial charge in [-0.2, -0.15) is 10.2 Å². The van der Waals surface area contributed by atoms with Crippen molar-refractivity contribution in [3.63, 3.8) is 0 Å². The molecule has 16 heteroatoms. The van der Waals surface area contributed by atoms with Gasteiger partial charge in [0.1, 0.15) is 12.2 Å². The van der Waals surface area contributed by atoms with E-state index in [1.165, 1.54) is 6.92 Å². The van der Waals surface area contributed by atoms with Crippen LogP contribution in [0.2, 0.25) is 0 Å². The summed E-state index contributed by atoms with van der Waals surface area (Å²) >= 11 is 0. The lowest BCUT2D eigenvalue weighted by molar-refractivity contribution is -0.116. The SMILES string of the molecule is Cc1nn(CC(=O)Nc2cnn(Cc3c(F)c(F)c(F)c(F)c3F)c2)c2nc(C(F)F)cc(C(F)F)c12. The molecule has 196 valence electrons. The molecule has 0 aliphatic carbocycles. The molecule has 0 aliphatic rings. The fourth-order valence-corrected chi connectivity index (χ4v) is 3.60. The Morgan fingerprint density at radius 1 is 0.973 bits per heavy atom. The van der Waals surface area contributed by atoms with E-state index in [-0.39, 0.29) is 22.4 Å². The number of pyridine rings is 1. The smallest absolute Gasteiger partial charge is 0.280 e. The van der Waals surface area contributed by atoms with Gasteiger partial charge in [-0.25, -0.2) is 49.2 Å². The molecule has 0 saturated carbocycles. The quantitative estimate of drug-likeness (QED) is 0.200. The summed E-state index contributed by atoms with van der Waals surface area (Å²) in [6, 6.07) is 0.565. The number of rotatable bonds is 7. The van der Waals surface area contributed by atoms with Crippen LogP contribution in [0.15, 0.2) is 18.5 Å². The average molecular weight is 536 g/mol. The standard InChI is InChI=1S/C21H13F9N6O/c1-7-13-9(19(27)28)2-11(20(29)30)33-21(13)36(34-7)6-12(37)32-8-3-31-35(4-8)5-10-14(22)16(24)18(26)17(25)15(10)23/h2-4,19-20H,5-6H2,1H3,(H,32,37). The van der Waals surface area contributed by atoms with Crippen molar-refractivity contribution in [2.45, 2.75) is 32.9 Å². The lowest BCUT2D eigenvalue weighted by Gasteiger charge is -2.08. The minimum Gasteiger partial charge on any atom is -0.322 e. The Kier molecular flexibility index (Phi) is 6.84. The van der Waals surface area contributed by atoms with Crippen LogP contribution in [0.3, 0.4) is 0 Å². The highest BCUT2D eigenvalue weighted by molar-refractivity contribution is 5.91. The first-order chi connectivity index (χ1) is 17.4. The van der Waals surface area contributed by atoms with E-state index in [2.05, 4.69) is 20.5 Å². The fraction of sp³-hybridized carbons (Fsp3) is 0.238. The maximum atomic E-state index is 13.9. The molecule has 0 spiro atoms. The van der Waals surface area contributed by atoms with Crippen LogP contribution >= 0.6 is 0 Å². The van der Waals surface area contributed by atoms with Gasteiger partial charge >= 0.3 is 0 Å². The summed E-state index contributed by atoms with van der Waals surface area (Å²) < 4.78 is 123.